The second-order valence-electron chi connectivity index (χ2n) is 18.8. The Hall–Kier alpha value is -6.92. The highest BCUT2D eigenvalue weighted by molar-refractivity contribution is 15.0. The van der Waals surface area contributed by atoms with Crippen molar-refractivity contribution < 1.29 is 19.5 Å². The predicted octanol–water partition coefficient (Wildman–Crippen LogP) is 18.6. The third-order valence-electron chi connectivity index (χ3n) is 12.5. The highest BCUT2D eigenvalue weighted by atomic mass is 128. The van der Waals surface area contributed by atoms with Crippen molar-refractivity contribution in [2.75, 3.05) is 40.5 Å². The number of aromatic nitrogens is 8. The fourth-order valence-corrected chi connectivity index (χ4v) is 12.3. The molecule has 8 heterocycles. The number of nitrogens with zero attached hydrogens (tertiary/aromatic N) is 10. The van der Waals surface area contributed by atoms with E-state index in [-0.39, 0.29) is 11.9 Å². The molecule has 0 unspecified atom stereocenters. The number of anilines is 7. The van der Waals surface area contributed by atoms with Crippen molar-refractivity contribution >= 4 is 189 Å². The number of hydrogen-bond donors (Lipinski definition) is 4. The van der Waals surface area contributed by atoms with Crippen LogP contribution in [0.1, 0.15) is 71.1 Å². The average molecular weight is 1540 g/mol. The highest BCUT2D eigenvalue weighted by Crippen LogP contribution is 2.35. The van der Waals surface area contributed by atoms with Crippen molar-refractivity contribution in [3.63, 3.8) is 0 Å². The molecule has 0 aliphatic carbocycles. The highest BCUT2D eigenvalue weighted by Gasteiger charge is 2.17. The van der Waals surface area contributed by atoms with Crippen LogP contribution in [0, 0.1) is 0 Å². The van der Waals surface area contributed by atoms with Gasteiger partial charge in [0.25, 0.3) is 0 Å². The van der Waals surface area contributed by atoms with Crippen molar-refractivity contribution in [1.29, 1.82) is 0 Å². The maximum absolute atomic E-state index is 11.4. The van der Waals surface area contributed by atoms with Crippen LogP contribution in [0.4, 0.5) is 38.0 Å². The molecule has 0 aliphatic heterocycles. The number of hydrogen-bond acceptors (Lipinski definition) is 20. The lowest BCUT2D eigenvalue weighted by atomic mass is 10.1. The third-order valence-corrected chi connectivity index (χ3v) is 16.9. The zero-order valence-corrected chi connectivity index (χ0v) is 57.3. The Morgan fingerprint density at radius 3 is 1.36 bits per heavy atom. The van der Waals surface area contributed by atoms with Gasteiger partial charge in [0.15, 0.2) is 20.5 Å². The quantitative estimate of drug-likeness (QED) is 0.0131. The van der Waals surface area contributed by atoms with Crippen molar-refractivity contribution in [3.8, 4) is 0 Å². The molecule has 24 heteroatoms. The number of unbranched alkanes of at least 4 members (excludes halogenated alkanes) is 6. The Labute approximate surface area is 559 Å². The number of hydroxylamine groups is 1. The van der Waals surface area contributed by atoms with E-state index in [0.717, 1.165) is 129 Å². The van der Waals surface area contributed by atoms with Gasteiger partial charge in [-0.05, 0) is 146 Å². The van der Waals surface area contributed by atoms with E-state index in [4.69, 9.17) is 25.6 Å². The molecule has 0 saturated heterocycles. The number of esters is 1. The Bertz CT molecular complexity index is 3780. The van der Waals surface area contributed by atoms with E-state index < -0.39 is 0 Å². The number of fused-ring (bicyclic) bond motifs is 4. The second-order valence-corrected chi connectivity index (χ2v) is 23.7. The van der Waals surface area contributed by atoms with Crippen LogP contribution in [0.15, 0.2) is 199 Å². The number of amides is 1. The van der Waals surface area contributed by atoms with E-state index in [1.807, 2.05) is 165 Å². The van der Waals surface area contributed by atoms with Crippen LogP contribution < -0.4 is 26.3 Å². The fraction of sp³-hybridized carbons (Fsp3) is 0.219. The summed E-state index contributed by atoms with van der Waals surface area (Å²) in [6.45, 7) is 3.98. The zero-order chi connectivity index (χ0) is 62.0. The number of benzene rings is 4. The zero-order valence-electron chi connectivity index (χ0n) is 48.2. The summed E-state index contributed by atoms with van der Waals surface area (Å²) in [4.78, 5) is 62.0. The van der Waals surface area contributed by atoms with E-state index in [9.17, 15) is 9.59 Å². The normalized spacial score (nSPS) is 10.4. The van der Waals surface area contributed by atoms with Crippen LogP contribution in [0.5, 0.6) is 0 Å². The summed E-state index contributed by atoms with van der Waals surface area (Å²) in [5.74, 6) is 2.22. The molecule has 8 aromatic heterocycles. The number of carbonyl (C=O) groups is 2. The topological polar surface area (TPSA) is 223 Å². The van der Waals surface area contributed by atoms with Gasteiger partial charge >= 0.3 is 5.97 Å². The molecule has 0 spiro atoms. The second kappa shape index (κ2) is 39.2. The van der Waals surface area contributed by atoms with Gasteiger partial charge in [0.1, 0.15) is 22.1 Å². The maximum Gasteiger partial charge on any atom is 0.305 e. The average Bonchev–Trinajstić information content (AvgIpc) is 4.54. The van der Waals surface area contributed by atoms with Gasteiger partial charge in [0.05, 0.1) is 47.5 Å². The number of para-hydroxylation sites is 4. The molecule has 0 fully saturated rings. The molecular weight excluding hydrogens is 1480 g/mol. The molecule has 0 aliphatic rings. The van der Waals surface area contributed by atoms with Gasteiger partial charge in [-0.3, -0.25) is 14.8 Å². The van der Waals surface area contributed by atoms with Crippen LogP contribution in [0.25, 0.3) is 40.9 Å². The standard InChI is InChI=1S/C21H25N3O2S.C19H22N4O2S.C12H9N3S.C7H6N2S.C5H4BrN.I2/c1-2-26-20(25)14-5-3-4-10-16-24(19-13-8-9-15-22-19)21-23-17-11-6-7-12-18(17)27-21;24-18(22-25)12-3-1-2-8-14-23(17-11-6-7-13-20-17)19-21-15-9-4-5-10-16(15)26-19;1-2-6-10-9(5-1)14-12(16-10)15-11-7-3-4-8-13-11;8-7-9-5-3-1-2-4-6(5)10-7;6-5-3-1-2-4-7-5;1-2/h6-9,11-13,15H,2-5,10,14,16H2,1H3;4-7,9-11,13,25H,1-3,8,12,14H2,(H,22,24);1-8H,(H,13,14,15);1-4H,(H2,8,9);1-4H;. The Kier molecular flexibility index (Phi) is 30.5. The van der Waals surface area contributed by atoms with E-state index in [1.54, 1.807) is 58.1 Å². The number of carbonyl (C=O) groups excluding carboxylic acids is 2. The largest absolute Gasteiger partial charge is 0.466 e. The molecule has 0 saturated carbocycles. The van der Waals surface area contributed by atoms with Crippen molar-refractivity contribution in [3.05, 3.63) is 199 Å². The lowest BCUT2D eigenvalue weighted by molar-refractivity contribution is -0.143. The summed E-state index contributed by atoms with van der Waals surface area (Å²) >= 11 is 13.9. The molecule has 4 aromatic carbocycles. The SMILES string of the molecule is Brc1ccccn1.CCOC(=O)CCCCCCN(c1ccccn1)c1nc2ccccc2s1.II.Nc1nc2ccccc2s1.O=C(CCCCCCN(c1ccccn1)c1nc2ccccc2s1)NO.c1ccc(Nc2nc3ccccc3s2)nc1. The first-order valence-corrected chi connectivity index (χ1v) is 38.6. The summed E-state index contributed by atoms with van der Waals surface area (Å²) in [7, 11) is 0. The van der Waals surface area contributed by atoms with Gasteiger partial charge in [-0.25, -0.2) is 45.4 Å². The summed E-state index contributed by atoms with van der Waals surface area (Å²) in [5.41, 5.74) is 11.2. The molecular formula is C64H66BrI2N13O4S4. The third kappa shape index (κ3) is 23.2. The van der Waals surface area contributed by atoms with Gasteiger partial charge in [-0.15, -0.1) is 0 Å². The predicted molar refractivity (Wildman–Crippen MR) is 386 cm³/mol. The summed E-state index contributed by atoms with van der Waals surface area (Å²) in [6.07, 6.45) is 15.7. The molecule has 12 rings (SSSR count). The maximum atomic E-state index is 11.4. The number of halogens is 3. The molecule has 17 nitrogen and oxygen atoms in total. The number of nitrogens with two attached hydrogens (primary N) is 1. The van der Waals surface area contributed by atoms with E-state index in [0.29, 0.717) is 24.6 Å². The van der Waals surface area contributed by atoms with E-state index in [1.165, 1.54) is 25.4 Å². The van der Waals surface area contributed by atoms with Crippen molar-refractivity contribution in [1.82, 2.24) is 45.4 Å². The van der Waals surface area contributed by atoms with Crippen LogP contribution in [-0.4, -0.2) is 76.7 Å². The number of rotatable bonds is 21. The molecule has 0 bridgehead atoms. The molecule has 88 heavy (non-hydrogen) atoms. The first-order chi connectivity index (χ1) is 43.2. The number of pyridine rings is 4. The van der Waals surface area contributed by atoms with Gasteiger partial charge in [-0.2, -0.15) is 0 Å². The minimum atomic E-state index is -0.324. The van der Waals surface area contributed by atoms with Crippen LogP contribution in [0.3, 0.4) is 0 Å². The summed E-state index contributed by atoms with van der Waals surface area (Å²) in [6, 6.07) is 55.6. The lowest BCUT2D eigenvalue weighted by Crippen LogP contribution is -2.19. The van der Waals surface area contributed by atoms with Gasteiger partial charge in [-0.1, -0.05) is 144 Å². The van der Waals surface area contributed by atoms with Crippen molar-refractivity contribution in [2.45, 2.75) is 71.1 Å². The monoisotopic (exact) mass is 1540 g/mol. The summed E-state index contributed by atoms with van der Waals surface area (Å²) in [5, 5.41) is 15.1. The van der Waals surface area contributed by atoms with Gasteiger partial charge < -0.3 is 25.6 Å². The Morgan fingerprint density at radius 1 is 0.511 bits per heavy atom. The molecule has 0 atom stereocenters. The molecule has 0 radical (unpaired) electrons. The van der Waals surface area contributed by atoms with Crippen molar-refractivity contribution in [2.24, 2.45) is 0 Å². The number of thiazole rings is 4. The minimum absolute atomic E-state index is 0.0953. The van der Waals surface area contributed by atoms with E-state index in [2.05, 4.69) is 116 Å². The number of nitrogen functional groups attached to an aromatic ring is 1. The minimum Gasteiger partial charge on any atom is -0.466 e. The molecule has 12 aromatic rings. The van der Waals surface area contributed by atoms with E-state index >= 15 is 0 Å². The lowest BCUT2D eigenvalue weighted by Gasteiger charge is -2.20. The van der Waals surface area contributed by atoms with Gasteiger partial charge in [0, 0.05) is 88.0 Å². The fourth-order valence-electron chi connectivity index (χ4n) is 8.39. The molecule has 456 valence electrons. The molecule has 5 N–H and O–H groups in total. The molecule has 1 amide bonds. The first kappa shape index (κ1) is 68.6. The number of ether oxygens (including phenoxy) is 1. The van der Waals surface area contributed by atoms with Crippen LogP contribution >= 0.6 is 98.5 Å². The number of nitrogens with one attached hydrogen (secondary N) is 2. The van der Waals surface area contributed by atoms with Crippen LogP contribution in [-0.2, 0) is 14.3 Å². The van der Waals surface area contributed by atoms with Crippen LogP contribution in [0.2, 0.25) is 0 Å². The first-order valence-electron chi connectivity index (χ1n) is 28.2. The smallest absolute Gasteiger partial charge is 0.305 e. The Balaban J connectivity index is 0.000000166. The van der Waals surface area contributed by atoms with Gasteiger partial charge in [0.2, 0.25) is 5.91 Å². The Morgan fingerprint density at radius 2 is 0.943 bits per heavy atom. The summed E-state index contributed by atoms with van der Waals surface area (Å²) < 4.78 is 10.5.